The van der Waals surface area contributed by atoms with Gasteiger partial charge in [-0.1, -0.05) is 23.8 Å². The lowest BCUT2D eigenvalue weighted by Gasteiger charge is -2.35. The van der Waals surface area contributed by atoms with Gasteiger partial charge in [0, 0.05) is 11.5 Å². The average Bonchev–Trinajstić information content (AvgIpc) is 2.75. The molecular weight excluding hydrogens is 158 g/mol. The number of nitrogens with two attached hydrogens (primary N) is 1. The minimum Gasteiger partial charge on any atom is -0.325 e. The Morgan fingerprint density at radius 3 is 2.77 bits per heavy atom. The van der Waals surface area contributed by atoms with E-state index in [-0.39, 0.29) is 5.54 Å². The van der Waals surface area contributed by atoms with Crippen LogP contribution in [0, 0.1) is 6.92 Å². The minimum absolute atomic E-state index is 0.183. The van der Waals surface area contributed by atoms with Crippen molar-refractivity contribution in [2.75, 3.05) is 0 Å². The Hall–Kier alpha value is -0.820. The monoisotopic (exact) mass is 173 g/mol. The zero-order valence-corrected chi connectivity index (χ0v) is 8.01. The number of fused-ring (bicyclic) bond motifs is 1. The predicted molar refractivity (Wildman–Crippen MR) is 53.8 cm³/mol. The first-order valence-corrected chi connectivity index (χ1v) is 5.07. The molecule has 0 aromatic heterocycles. The molecule has 0 saturated heterocycles. The number of hydrogen-bond donors (Lipinski definition) is 1. The molecule has 1 saturated carbocycles. The Morgan fingerprint density at radius 2 is 2.15 bits per heavy atom. The van der Waals surface area contributed by atoms with Crippen molar-refractivity contribution in [3.63, 3.8) is 0 Å². The van der Waals surface area contributed by atoms with E-state index in [0.29, 0.717) is 5.92 Å². The van der Waals surface area contributed by atoms with E-state index in [1.807, 2.05) is 0 Å². The van der Waals surface area contributed by atoms with Crippen LogP contribution in [0.3, 0.4) is 0 Å². The fourth-order valence-corrected chi connectivity index (χ4v) is 2.46. The van der Waals surface area contributed by atoms with Crippen LogP contribution >= 0.6 is 0 Å². The lowest BCUT2D eigenvalue weighted by Crippen LogP contribution is -2.37. The molecule has 0 spiro atoms. The maximum Gasteiger partial charge on any atom is 0.0228 e. The molecule has 0 radical (unpaired) electrons. The Bertz CT molecular complexity index is 363. The molecule has 2 aliphatic carbocycles. The van der Waals surface area contributed by atoms with Crippen LogP contribution in [0.15, 0.2) is 18.2 Å². The van der Waals surface area contributed by atoms with Crippen molar-refractivity contribution >= 4 is 0 Å². The highest BCUT2D eigenvalue weighted by Crippen LogP contribution is 2.52. The smallest absolute Gasteiger partial charge is 0.0228 e. The summed E-state index contributed by atoms with van der Waals surface area (Å²) in [5, 5.41) is 0. The maximum atomic E-state index is 6.20. The van der Waals surface area contributed by atoms with Crippen molar-refractivity contribution in [1.29, 1.82) is 0 Å². The molecule has 1 heteroatoms. The normalized spacial score (nSPS) is 27.7. The molecule has 0 heterocycles. The highest BCUT2D eigenvalue weighted by atomic mass is 14.8. The first-order chi connectivity index (χ1) is 6.19. The third-order valence-corrected chi connectivity index (χ3v) is 3.62. The first-order valence-electron chi connectivity index (χ1n) is 5.07. The van der Waals surface area contributed by atoms with Crippen LogP contribution in [0.4, 0.5) is 0 Å². The quantitative estimate of drug-likeness (QED) is 0.691. The molecule has 0 aliphatic heterocycles. The van der Waals surface area contributed by atoms with Crippen molar-refractivity contribution in [2.45, 2.75) is 37.6 Å². The molecule has 1 atom stereocenters. The van der Waals surface area contributed by atoms with Crippen LogP contribution < -0.4 is 5.73 Å². The summed E-state index contributed by atoms with van der Waals surface area (Å²) in [7, 11) is 0. The van der Waals surface area contributed by atoms with Gasteiger partial charge in [0.1, 0.15) is 0 Å². The van der Waals surface area contributed by atoms with Crippen LogP contribution in [-0.4, -0.2) is 5.54 Å². The molecule has 2 aliphatic rings. The number of hydrogen-bond acceptors (Lipinski definition) is 1. The van der Waals surface area contributed by atoms with E-state index in [1.54, 1.807) is 0 Å². The highest BCUT2D eigenvalue weighted by Gasteiger charge is 2.50. The summed E-state index contributed by atoms with van der Waals surface area (Å²) in [6.45, 7) is 2.16. The molecule has 1 unspecified atom stereocenters. The Balaban J connectivity index is 1.97. The van der Waals surface area contributed by atoms with E-state index in [0.717, 1.165) is 0 Å². The summed E-state index contributed by atoms with van der Waals surface area (Å²) in [6.07, 6.45) is 3.67. The van der Waals surface area contributed by atoms with E-state index < -0.39 is 0 Å². The van der Waals surface area contributed by atoms with E-state index in [1.165, 1.54) is 36.0 Å². The molecule has 1 nitrogen and oxygen atoms in total. The maximum absolute atomic E-state index is 6.20. The summed E-state index contributed by atoms with van der Waals surface area (Å²) in [4.78, 5) is 0. The topological polar surface area (TPSA) is 26.0 Å². The Labute approximate surface area is 78.9 Å². The van der Waals surface area contributed by atoms with Crippen LogP contribution in [0.5, 0.6) is 0 Å². The number of benzene rings is 1. The standard InChI is InChI=1S/C12H15N/c1-8-2-3-10-9(6-8)7-11(10)12(13)4-5-12/h2-3,6,11H,4-5,7,13H2,1H3. The van der Waals surface area contributed by atoms with Gasteiger partial charge in [0.25, 0.3) is 0 Å². The Morgan fingerprint density at radius 1 is 1.38 bits per heavy atom. The lowest BCUT2D eigenvalue weighted by molar-refractivity contribution is 0.469. The summed E-state index contributed by atoms with van der Waals surface area (Å²) in [5.41, 5.74) is 10.8. The third-order valence-electron chi connectivity index (χ3n) is 3.62. The van der Waals surface area contributed by atoms with Crippen LogP contribution in [0.1, 0.15) is 35.4 Å². The van der Waals surface area contributed by atoms with Crippen LogP contribution in [0.2, 0.25) is 0 Å². The third kappa shape index (κ3) is 0.969. The summed E-state index contributed by atoms with van der Waals surface area (Å²) in [5.74, 6) is 0.670. The van der Waals surface area contributed by atoms with Gasteiger partial charge in [-0.3, -0.25) is 0 Å². The van der Waals surface area contributed by atoms with Gasteiger partial charge in [-0.2, -0.15) is 0 Å². The van der Waals surface area contributed by atoms with Gasteiger partial charge in [0.15, 0.2) is 0 Å². The fourth-order valence-electron chi connectivity index (χ4n) is 2.46. The molecule has 3 rings (SSSR count). The van der Waals surface area contributed by atoms with Crippen LogP contribution in [-0.2, 0) is 6.42 Å². The van der Waals surface area contributed by atoms with Gasteiger partial charge in [0.05, 0.1) is 0 Å². The lowest BCUT2D eigenvalue weighted by atomic mass is 9.72. The first kappa shape index (κ1) is 7.57. The molecule has 2 N–H and O–H groups in total. The van der Waals surface area contributed by atoms with Gasteiger partial charge >= 0.3 is 0 Å². The Kier molecular flexibility index (Phi) is 1.26. The molecule has 1 aromatic rings. The molecule has 0 bridgehead atoms. The fraction of sp³-hybridized carbons (Fsp3) is 0.500. The van der Waals surface area contributed by atoms with Crippen molar-refractivity contribution in [1.82, 2.24) is 0 Å². The van der Waals surface area contributed by atoms with Crippen molar-refractivity contribution < 1.29 is 0 Å². The SMILES string of the molecule is Cc1ccc2c(c1)CC2C1(N)CC1. The molecule has 1 aromatic carbocycles. The van der Waals surface area contributed by atoms with Crippen molar-refractivity contribution in [3.8, 4) is 0 Å². The van der Waals surface area contributed by atoms with Gasteiger partial charge in [-0.15, -0.1) is 0 Å². The number of aryl methyl sites for hydroxylation is 1. The molecular formula is C12H15N. The summed E-state index contributed by atoms with van der Waals surface area (Å²) in [6, 6.07) is 6.78. The molecule has 0 amide bonds. The van der Waals surface area contributed by atoms with Crippen molar-refractivity contribution in [3.05, 3.63) is 34.9 Å². The highest BCUT2D eigenvalue weighted by molar-refractivity contribution is 5.46. The zero-order valence-electron chi connectivity index (χ0n) is 8.01. The van der Waals surface area contributed by atoms with Gasteiger partial charge < -0.3 is 5.73 Å². The average molecular weight is 173 g/mol. The van der Waals surface area contributed by atoms with E-state index in [2.05, 4.69) is 25.1 Å². The largest absolute Gasteiger partial charge is 0.325 e. The van der Waals surface area contributed by atoms with Gasteiger partial charge in [0.2, 0.25) is 0 Å². The second kappa shape index (κ2) is 2.16. The van der Waals surface area contributed by atoms with Crippen molar-refractivity contribution in [2.24, 2.45) is 5.73 Å². The summed E-state index contributed by atoms with van der Waals surface area (Å²) >= 11 is 0. The second-order valence-corrected chi connectivity index (χ2v) is 4.69. The number of rotatable bonds is 1. The zero-order chi connectivity index (χ0) is 9.05. The van der Waals surface area contributed by atoms with Gasteiger partial charge in [-0.25, -0.2) is 0 Å². The van der Waals surface area contributed by atoms with Gasteiger partial charge in [-0.05, 0) is 37.3 Å². The van der Waals surface area contributed by atoms with Crippen LogP contribution in [0.25, 0.3) is 0 Å². The van der Waals surface area contributed by atoms with E-state index in [9.17, 15) is 0 Å². The molecule has 13 heavy (non-hydrogen) atoms. The van der Waals surface area contributed by atoms with E-state index >= 15 is 0 Å². The minimum atomic E-state index is 0.183. The second-order valence-electron chi connectivity index (χ2n) is 4.69. The summed E-state index contributed by atoms with van der Waals surface area (Å²) < 4.78 is 0. The predicted octanol–water partition coefficient (Wildman–Crippen LogP) is 2.13. The molecule has 68 valence electrons. The van der Waals surface area contributed by atoms with E-state index in [4.69, 9.17) is 5.73 Å². The molecule has 1 fully saturated rings.